The Balaban J connectivity index is 1.38. The van der Waals surface area contributed by atoms with Crippen molar-refractivity contribution in [2.45, 2.75) is 37.8 Å². The van der Waals surface area contributed by atoms with Crippen LogP contribution in [-0.4, -0.2) is 45.1 Å². The first kappa shape index (κ1) is 13.7. The molecule has 3 heterocycles. The number of hydrogen-bond donors (Lipinski definition) is 0. The van der Waals surface area contributed by atoms with Crippen LogP contribution in [0.1, 0.15) is 42.6 Å². The van der Waals surface area contributed by atoms with Gasteiger partial charge in [0.15, 0.2) is 0 Å². The van der Waals surface area contributed by atoms with Crippen molar-refractivity contribution in [3.63, 3.8) is 0 Å². The average Bonchev–Trinajstić information content (AvgIpc) is 3.09. The summed E-state index contributed by atoms with van der Waals surface area (Å²) in [6.07, 6.45) is 5.82. The summed E-state index contributed by atoms with van der Waals surface area (Å²) in [4.78, 5) is 6.91. The van der Waals surface area contributed by atoms with Gasteiger partial charge in [0.2, 0.25) is 5.88 Å². The van der Waals surface area contributed by atoms with Gasteiger partial charge in [0, 0.05) is 37.8 Å². The van der Waals surface area contributed by atoms with E-state index in [0.717, 1.165) is 31.7 Å². The lowest BCUT2D eigenvalue weighted by Gasteiger charge is -2.15. The second-order valence-electron chi connectivity index (χ2n) is 6.25. The van der Waals surface area contributed by atoms with Crippen LogP contribution in [0.25, 0.3) is 0 Å². The van der Waals surface area contributed by atoms with Crippen molar-refractivity contribution in [2.24, 2.45) is 0 Å². The first-order valence-corrected chi connectivity index (χ1v) is 7.96. The fraction of sp³-hybridized carbons (Fsp3) is 0.562. The van der Waals surface area contributed by atoms with Gasteiger partial charge >= 0.3 is 0 Å². The molecule has 1 aliphatic heterocycles. The van der Waals surface area contributed by atoms with E-state index in [1.807, 2.05) is 12.1 Å². The lowest BCUT2D eigenvalue weighted by molar-refractivity contribution is 0.304. The van der Waals surface area contributed by atoms with E-state index >= 15 is 0 Å². The van der Waals surface area contributed by atoms with Crippen LogP contribution in [0, 0.1) is 0 Å². The number of likely N-dealkylation sites (tertiary alicyclic amines) is 1. The Hall–Kier alpha value is -1.95. The van der Waals surface area contributed by atoms with Gasteiger partial charge < -0.3 is 4.74 Å². The molecule has 0 N–H and O–H groups in total. The summed E-state index contributed by atoms with van der Waals surface area (Å²) < 4.78 is 7.25. The van der Waals surface area contributed by atoms with Crippen LogP contribution in [0.5, 0.6) is 5.88 Å². The highest BCUT2D eigenvalue weighted by atomic mass is 16.5. The van der Waals surface area contributed by atoms with Gasteiger partial charge in [0.05, 0.1) is 24.5 Å². The first-order valence-electron chi connectivity index (χ1n) is 7.96. The van der Waals surface area contributed by atoms with Crippen LogP contribution in [0.15, 0.2) is 24.4 Å². The van der Waals surface area contributed by atoms with Crippen molar-refractivity contribution < 1.29 is 4.74 Å². The zero-order valence-electron chi connectivity index (χ0n) is 12.9. The number of methoxy groups -OCH3 is 1. The fourth-order valence-corrected chi connectivity index (χ4v) is 3.10. The van der Waals surface area contributed by atoms with Gasteiger partial charge in [-0.3, -0.25) is 4.90 Å². The zero-order valence-corrected chi connectivity index (χ0v) is 12.9. The molecule has 0 amide bonds. The Bertz CT molecular complexity index is 651. The Morgan fingerprint density at radius 3 is 3.00 bits per heavy atom. The molecule has 4 rings (SSSR count). The van der Waals surface area contributed by atoms with Gasteiger partial charge in [0.25, 0.3) is 0 Å². The van der Waals surface area contributed by atoms with E-state index in [4.69, 9.17) is 4.74 Å². The molecule has 2 aromatic rings. The van der Waals surface area contributed by atoms with Gasteiger partial charge in [-0.2, -0.15) is 0 Å². The third-order valence-corrected chi connectivity index (χ3v) is 4.52. The standard InChI is InChI=1S/C16H21N5O/c1-22-16-4-2-3-13(17-16)9-20-8-7-14(10-20)21-11-15(18-19-21)12-5-6-12/h2-4,11-12,14H,5-10H2,1H3. The number of hydrogen-bond acceptors (Lipinski definition) is 5. The maximum atomic E-state index is 5.19. The number of pyridine rings is 1. The Kier molecular flexibility index (Phi) is 3.54. The SMILES string of the molecule is COc1cccc(CN2CCC(n3cc(C4CC4)nn3)C2)n1. The van der Waals surface area contributed by atoms with Gasteiger partial charge in [0.1, 0.15) is 0 Å². The Labute approximate surface area is 130 Å². The molecule has 116 valence electrons. The summed E-state index contributed by atoms with van der Waals surface area (Å²) in [6.45, 7) is 2.94. The molecule has 1 atom stereocenters. The molecular formula is C16H21N5O. The smallest absolute Gasteiger partial charge is 0.213 e. The van der Waals surface area contributed by atoms with E-state index in [-0.39, 0.29) is 0 Å². The molecule has 2 aromatic heterocycles. The summed E-state index contributed by atoms with van der Waals surface area (Å²) >= 11 is 0. The second kappa shape index (κ2) is 5.68. The summed E-state index contributed by atoms with van der Waals surface area (Å²) in [6, 6.07) is 6.36. The topological polar surface area (TPSA) is 56.1 Å². The van der Waals surface area contributed by atoms with E-state index in [9.17, 15) is 0 Å². The first-order chi connectivity index (χ1) is 10.8. The molecule has 0 spiro atoms. The maximum absolute atomic E-state index is 5.19. The van der Waals surface area contributed by atoms with Crippen molar-refractivity contribution >= 4 is 0 Å². The second-order valence-corrected chi connectivity index (χ2v) is 6.25. The quantitative estimate of drug-likeness (QED) is 0.845. The van der Waals surface area contributed by atoms with Gasteiger partial charge in [-0.25, -0.2) is 9.67 Å². The minimum absolute atomic E-state index is 0.436. The van der Waals surface area contributed by atoms with E-state index in [1.54, 1.807) is 7.11 Å². The van der Waals surface area contributed by atoms with Crippen molar-refractivity contribution in [1.82, 2.24) is 24.9 Å². The highest BCUT2D eigenvalue weighted by Gasteiger charge is 2.29. The molecule has 6 nitrogen and oxygen atoms in total. The van der Waals surface area contributed by atoms with E-state index in [2.05, 4.69) is 37.1 Å². The normalized spacial score (nSPS) is 22.1. The predicted molar refractivity (Wildman–Crippen MR) is 81.7 cm³/mol. The monoisotopic (exact) mass is 299 g/mol. The summed E-state index contributed by atoms with van der Waals surface area (Å²) in [5, 5.41) is 8.65. The van der Waals surface area contributed by atoms with Gasteiger partial charge in [-0.15, -0.1) is 5.10 Å². The van der Waals surface area contributed by atoms with Crippen LogP contribution < -0.4 is 4.74 Å². The van der Waals surface area contributed by atoms with Crippen LogP contribution in [0.4, 0.5) is 0 Å². The van der Waals surface area contributed by atoms with Crippen molar-refractivity contribution in [3.05, 3.63) is 35.8 Å². The highest BCUT2D eigenvalue weighted by molar-refractivity contribution is 5.15. The van der Waals surface area contributed by atoms with Crippen molar-refractivity contribution in [1.29, 1.82) is 0 Å². The largest absolute Gasteiger partial charge is 0.481 e. The van der Waals surface area contributed by atoms with E-state index in [0.29, 0.717) is 17.8 Å². The highest BCUT2D eigenvalue weighted by Crippen LogP contribution is 2.39. The number of ether oxygens (including phenoxy) is 1. The third kappa shape index (κ3) is 2.83. The molecule has 0 radical (unpaired) electrons. The molecule has 1 unspecified atom stereocenters. The third-order valence-electron chi connectivity index (χ3n) is 4.52. The molecule has 22 heavy (non-hydrogen) atoms. The molecule has 0 aromatic carbocycles. The number of nitrogens with zero attached hydrogens (tertiary/aromatic N) is 5. The van der Waals surface area contributed by atoms with Crippen molar-refractivity contribution in [3.8, 4) is 5.88 Å². The fourth-order valence-electron chi connectivity index (χ4n) is 3.10. The summed E-state index contributed by atoms with van der Waals surface area (Å²) in [5.41, 5.74) is 2.23. The molecule has 2 aliphatic rings. The molecule has 2 fully saturated rings. The van der Waals surface area contributed by atoms with Crippen LogP contribution in [0.2, 0.25) is 0 Å². The van der Waals surface area contributed by atoms with Gasteiger partial charge in [-0.05, 0) is 25.3 Å². The molecule has 1 saturated carbocycles. The van der Waals surface area contributed by atoms with E-state index < -0.39 is 0 Å². The number of rotatable bonds is 5. The average molecular weight is 299 g/mol. The van der Waals surface area contributed by atoms with Gasteiger partial charge in [-0.1, -0.05) is 11.3 Å². The van der Waals surface area contributed by atoms with E-state index in [1.165, 1.54) is 18.5 Å². The molecule has 6 heteroatoms. The minimum atomic E-state index is 0.436. The van der Waals surface area contributed by atoms with Crippen molar-refractivity contribution in [2.75, 3.05) is 20.2 Å². The maximum Gasteiger partial charge on any atom is 0.213 e. The van der Waals surface area contributed by atoms with Crippen LogP contribution in [-0.2, 0) is 6.54 Å². The molecule has 1 saturated heterocycles. The van der Waals surface area contributed by atoms with Crippen LogP contribution >= 0.6 is 0 Å². The lowest BCUT2D eigenvalue weighted by atomic mass is 10.2. The molecule has 1 aliphatic carbocycles. The Morgan fingerprint density at radius 1 is 1.27 bits per heavy atom. The molecule has 0 bridgehead atoms. The summed E-state index contributed by atoms with van der Waals surface area (Å²) in [5.74, 6) is 1.35. The Morgan fingerprint density at radius 2 is 2.18 bits per heavy atom. The zero-order chi connectivity index (χ0) is 14.9. The molecular weight excluding hydrogens is 278 g/mol. The van der Waals surface area contributed by atoms with Crippen LogP contribution in [0.3, 0.4) is 0 Å². The lowest BCUT2D eigenvalue weighted by Crippen LogP contribution is -2.22. The summed E-state index contributed by atoms with van der Waals surface area (Å²) in [7, 11) is 1.65. The predicted octanol–water partition coefficient (Wildman–Crippen LogP) is 2.01. The number of aromatic nitrogens is 4. The minimum Gasteiger partial charge on any atom is -0.481 e.